The molecule has 1 heterocycles. The summed E-state index contributed by atoms with van der Waals surface area (Å²) in [5.41, 5.74) is 0. The lowest BCUT2D eigenvalue weighted by Crippen LogP contribution is -2.46. The van der Waals surface area contributed by atoms with E-state index in [1.54, 1.807) is 0 Å². The van der Waals surface area contributed by atoms with Crippen LogP contribution in [0.2, 0.25) is 0 Å². The van der Waals surface area contributed by atoms with Crippen molar-refractivity contribution in [1.29, 1.82) is 0 Å². The van der Waals surface area contributed by atoms with Crippen LogP contribution in [0, 0.1) is 0 Å². The molecule has 0 atom stereocenters. The first-order valence-electron chi connectivity index (χ1n) is 5.66. The molecule has 3 nitrogen and oxygen atoms in total. The zero-order valence-electron chi connectivity index (χ0n) is 9.69. The molecule has 0 spiro atoms. The van der Waals surface area contributed by atoms with Gasteiger partial charge >= 0.3 is 6.18 Å². The quantitative estimate of drug-likeness (QED) is 0.715. The molecule has 0 aromatic carbocycles. The summed E-state index contributed by atoms with van der Waals surface area (Å²) < 4.78 is 35.5. The highest BCUT2D eigenvalue weighted by Gasteiger charge is 2.25. The Morgan fingerprint density at radius 3 is 2.25 bits per heavy atom. The van der Waals surface area contributed by atoms with E-state index in [0.29, 0.717) is 6.54 Å². The van der Waals surface area contributed by atoms with Gasteiger partial charge in [0.2, 0.25) is 0 Å². The van der Waals surface area contributed by atoms with E-state index in [1.807, 2.05) is 0 Å². The summed E-state index contributed by atoms with van der Waals surface area (Å²) >= 11 is 0. The fourth-order valence-corrected chi connectivity index (χ4v) is 1.66. The zero-order valence-corrected chi connectivity index (χ0v) is 9.69. The molecule has 1 fully saturated rings. The molecule has 0 bridgehead atoms. The predicted octanol–water partition coefficient (Wildman–Crippen LogP) is 0.776. The van der Waals surface area contributed by atoms with Gasteiger partial charge in [0, 0.05) is 45.8 Å². The Labute approximate surface area is 94.6 Å². The molecule has 16 heavy (non-hydrogen) atoms. The molecule has 0 radical (unpaired) electrons. The lowest BCUT2D eigenvalue weighted by atomic mass is 10.3. The monoisotopic (exact) mass is 239 g/mol. The van der Waals surface area contributed by atoms with E-state index in [4.69, 9.17) is 0 Å². The largest absolute Gasteiger partial charge is 0.390 e. The Morgan fingerprint density at radius 2 is 1.69 bits per heavy atom. The van der Waals surface area contributed by atoms with Crippen molar-refractivity contribution in [2.45, 2.75) is 12.6 Å². The molecule has 96 valence electrons. The van der Waals surface area contributed by atoms with Crippen LogP contribution in [0.15, 0.2) is 0 Å². The Kier molecular flexibility index (Phi) is 5.51. The highest BCUT2D eigenvalue weighted by Crippen LogP contribution is 2.17. The molecule has 1 aliphatic heterocycles. The van der Waals surface area contributed by atoms with Gasteiger partial charge in [-0.1, -0.05) is 0 Å². The maximum absolute atomic E-state index is 11.8. The number of piperazine rings is 1. The van der Waals surface area contributed by atoms with Crippen molar-refractivity contribution in [2.24, 2.45) is 0 Å². The lowest BCUT2D eigenvalue weighted by molar-refractivity contribution is -0.133. The van der Waals surface area contributed by atoms with E-state index in [0.717, 1.165) is 32.7 Å². The minimum atomic E-state index is -4.04. The molecule has 0 amide bonds. The van der Waals surface area contributed by atoms with Gasteiger partial charge in [0.25, 0.3) is 0 Å². The van der Waals surface area contributed by atoms with Crippen molar-refractivity contribution < 1.29 is 13.2 Å². The smallest absolute Gasteiger partial charge is 0.315 e. The molecule has 1 aliphatic rings. The van der Waals surface area contributed by atoms with Gasteiger partial charge in [-0.2, -0.15) is 13.2 Å². The summed E-state index contributed by atoms with van der Waals surface area (Å²) in [5, 5.41) is 2.83. The minimum Gasteiger partial charge on any atom is -0.315 e. The van der Waals surface area contributed by atoms with Gasteiger partial charge in [-0.3, -0.25) is 4.90 Å². The highest BCUT2D eigenvalue weighted by molar-refractivity contribution is 4.69. The summed E-state index contributed by atoms with van der Waals surface area (Å²) in [6, 6.07) is 0. The van der Waals surface area contributed by atoms with Crippen LogP contribution in [0.4, 0.5) is 13.2 Å². The van der Waals surface area contributed by atoms with E-state index in [1.165, 1.54) is 0 Å². The highest BCUT2D eigenvalue weighted by atomic mass is 19.4. The van der Waals surface area contributed by atoms with Gasteiger partial charge in [0.05, 0.1) is 6.42 Å². The molecule has 1 N–H and O–H groups in total. The second kappa shape index (κ2) is 6.42. The summed E-state index contributed by atoms with van der Waals surface area (Å²) in [4.78, 5) is 4.54. The topological polar surface area (TPSA) is 18.5 Å². The average Bonchev–Trinajstić information content (AvgIpc) is 2.19. The Balaban J connectivity index is 1.95. The molecule has 0 unspecified atom stereocenters. The summed E-state index contributed by atoms with van der Waals surface area (Å²) in [6.07, 6.45) is -4.78. The SMILES string of the molecule is CN1CCN(CCNCCC(F)(F)F)CC1. The lowest BCUT2D eigenvalue weighted by Gasteiger charge is -2.32. The summed E-state index contributed by atoms with van der Waals surface area (Å²) in [7, 11) is 2.08. The molecular formula is C10H20F3N3. The number of likely N-dealkylation sites (N-methyl/N-ethyl adjacent to an activating group) is 1. The first-order valence-corrected chi connectivity index (χ1v) is 5.66. The van der Waals surface area contributed by atoms with Gasteiger partial charge in [-0.15, -0.1) is 0 Å². The Morgan fingerprint density at radius 1 is 1.06 bits per heavy atom. The number of hydrogen-bond acceptors (Lipinski definition) is 3. The van der Waals surface area contributed by atoms with E-state index in [9.17, 15) is 13.2 Å². The molecule has 0 aromatic rings. The second-order valence-electron chi connectivity index (χ2n) is 4.26. The normalized spacial score (nSPS) is 20.2. The number of alkyl halides is 3. The number of hydrogen-bond donors (Lipinski definition) is 1. The molecule has 0 aromatic heterocycles. The van der Waals surface area contributed by atoms with Crippen molar-refractivity contribution in [1.82, 2.24) is 15.1 Å². The minimum absolute atomic E-state index is 0.0250. The van der Waals surface area contributed by atoms with E-state index < -0.39 is 12.6 Å². The molecule has 1 saturated heterocycles. The Bertz CT molecular complexity index is 188. The van der Waals surface area contributed by atoms with Crippen LogP contribution < -0.4 is 5.32 Å². The third-order valence-corrected chi connectivity index (χ3v) is 2.79. The Hall–Kier alpha value is -0.330. The fourth-order valence-electron chi connectivity index (χ4n) is 1.66. The van der Waals surface area contributed by atoms with Gasteiger partial charge in [-0.05, 0) is 7.05 Å². The van der Waals surface area contributed by atoms with Gasteiger partial charge in [-0.25, -0.2) is 0 Å². The fraction of sp³-hybridized carbons (Fsp3) is 1.00. The first kappa shape index (κ1) is 13.7. The van der Waals surface area contributed by atoms with Gasteiger partial charge in [0.1, 0.15) is 0 Å². The van der Waals surface area contributed by atoms with Crippen LogP contribution in [-0.4, -0.2) is 68.8 Å². The second-order valence-corrected chi connectivity index (χ2v) is 4.26. The average molecular weight is 239 g/mol. The van der Waals surface area contributed by atoms with E-state index in [2.05, 4.69) is 22.2 Å². The first-order chi connectivity index (χ1) is 7.47. The maximum Gasteiger partial charge on any atom is 0.390 e. The van der Waals surface area contributed by atoms with Crippen molar-refractivity contribution in [3.8, 4) is 0 Å². The van der Waals surface area contributed by atoms with Crippen LogP contribution in [0.5, 0.6) is 0 Å². The van der Waals surface area contributed by atoms with Crippen LogP contribution in [-0.2, 0) is 0 Å². The number of nitrogens with one attached hydrogen (secondary N) is 1. The molecule has 0 saturated carbocycles. The van der Waals surface area contributed by atoms with Crippen LogP contribution in [0.3, 0.4) is 0 Å². The molecule has 1 rings (SSSR count). The predicted molar refractivity (Wildman–Crippen MR) is 57.5 cm³/mol. The number of rotatable bonds is 5. The molecular weight excluding hydrogens is 219 g/mol. The van der Waals surface area contributed by atoms with Crippen molar-refractivity contribution >= 4 is 0 Å². The zero-order chi connectivity index (χ0) is 12.0. The van der Waals surface area contributed by atoms with Crippen LogP contribution >= 0.6 is 0 Å². The molecule has 0 aliphatic carbocycles. The summed E-state index contributed by atoms with van der Waals surface area (Å²) in [6.45, 7) is 5.61. The van der Waals surface area contributed by atoms with Crippen LogP contribution in [0.1, 0.15) is 6.42 Å². The number of halogens is 3. The van der Waals surface area contributed by atoms with Gasteiger partial charge in [0.15, 0.2) is 0 Å². The number of nitrogens with zero attached hydrogens (tertiary/aromatic N) is 2. The maximum atomic E-state index is 11.8. The van der Waals surface area contributed by atoms with Gasteiger partial charge < -0.3 is 10.2 Å². The van der Waals surface area contributed by atoms with E-state index in [-0.39, 0.29) is 6.54 Å². The van der Waals surface area contributed by atoms with Crippen molar-refractivity contribution in [3.05, 3.63) is 0 Å². The van der Waals surface area contributed by atoms with Crippen molar-refractivity contribution in [2.75, 3.05) is 52.9 Å². The standard InChI is InChI=1S/C10H20F3N3/c1-15-6-8-16(9-7-15)5-4-14-3-2-10(11,12)13/h14H,2-9H2,1H3. The molecule has 6 heteroatoms. The van der Waals surface area contributed by atoms with E-state index >= 15 is 0 Å². The third-order valence-electron chi connectivity index (χ3n) is 2.79. The van der Waals surface area contributed by atoms with Crippen LogP contribution in [0.25, 0.3) is 0 Å². The third kappa shape index (κ3) is 6.30. The van der Waals surface area contributed by atoms with Crippen molar-refractivity contribution in [3.63, 3.8) is 0 Å². The summed E-state index contributed by atoms with van der Waals surface area (Å²) in [5.74, 6) is 0.